The molecule has 37 heavy (non-hydrogen) atoms. The first-order valence-corrected chi connectivity index (χ1v) is 12.6. The lowest BCUT2D eigenvalue weighted by Crippen LogP contribution is -2.39. The number of nitrogens with zero attached hydrogens (tertiary/aromatic N) is 2. The minimum Gasteiger partial charge on any atom is -0.507 e. The first kappa shape index (κ1) is 23.1. The zero-order valence-corrected chi connectivity index (χ0v) is 20.9. The molecule has 0 radical (unpaired) electrons. The lowest BCUT2D eigenvalue weighted by Gasteiger charge is -2.24. The largest absolute Gasteiger partial charge is 0.507 e. The molecule has 0 amide bonds. The van der Waals surface area contributed by atoms with Crippen molar-refractivity contribution in [2.75, 3.05) is 13.4 Å². The summed E-state index contributed by atoms with van der Waals surface area (Å²) >= 11 is 1.20. The van der Waals surface area contributed by atoms with Gasteiger partial charge < -0.3 is 19.3 Å². The van der Waals surface area contributed by atoms with Crippen molar-refractivity contribution >= 4 is 34.2 Å². The summed E-state index contributed by atoms with van der Waals surface area (Å²) in [6.07, 6.45) is 1.68. The number of fused-ring (bicyclic) bond motifs is 3. The van der Waals surface area contributed by atoms with Crippen LogP contribution < -0.4 is 24.4 Å². The minimum absolute atomic E-state index is 0.0697. The molecule has 186 valence electrons. The molecule has 0 saturated carbocycles. The first-order valence-electron chi connectivity index (χ1n) is 11.8. The molecule has 3 aromatic carbocycles. The quantitative estimate of drug-likeness (QED) is 0.419. The van der Waals surface area contributed by atoms with Crippen LogP contribution in [-0.2, 0) is 9.53 Å². The van der Waals surface area contributed by atoms with Crippen molar-refractivity contribution in [1.29, 1.82) is 0 Å². The maximum absolute atomic E-state index is 13.9. The van der Waals surface area contributed by atoms with Crippen molar-refractivity contribution < 1.29 is 24.1 Å². The second kappa shape index (κ2) is 8.94. The van der Waals surface area contributed by atoms with Crippen LogP contribution in [0.5, 0.6) is 17.2 Å². The van der Waals surface area contributed by atoms with Gasteiger partial charge in [0.25, 0.3) is 5.56 Å². The van der Waals surface area contributed by atoms with E-state index >= 15 is 0 Å². The smallest absolute Gasteiger partial charge is 0.338 e. The van der Waals surface area contributed by atoms with Crippen LogP contribution in [0.15, 0.2) is 75.7 Å². The molecule has 3 heterocycles. The van der Waals surface area contributed by atoms with E-state index in [4.69, 9.17) is 14.2 Å². The molecular formula is C28H22N2O6S. The Morgan fingerprint density at radius 2 is 2.00 bits per heavy atom. The van der Waals surface area contributed by atoms with Crippen molar-refractivity contribution in [2.24, 2.45) is 4.99 Å². The summed E-state index contributed by atoms with van der Waals surface area (Å²) in [6, 6.07) is 15.7. The number of allylic oxidation sites excluding steroid dienone is 1. The van der Waals surface area contributed by atoms with Crippen LogP contribution >= 0.6 is 11.3 Å². The second-order valence-electron chi connectivity index (χ2n) is 8.63. The van der Waals surface area contributed by atoms with E-state index in [1.165, 1.54) is 15.9 Å². The number of benzene rings is 3. The van der Waals surface area contributed by atoms with Crippen LogP contribution in [0.25, 0.3) is 16.8 Å². The Balaban J connectivity index is 1.59. The van der Waals surface area contributed by atoms with Crippen LogP contribution in [0.1, 0.15) is 31.0 Å². The van der Waals surface area contributed by atoms with Gasteiger partial charge in [0.15, 0.2) is 16.3 Å². The van der Waals surface area contributed by atoms with Crippen molar-refractivity contribution in [2.45, 2.75) is 19.9 Å². The highest BCUT2D eigenvalue weighted by atomic mass is 32.1. The van der Waals surface area contributed by atoms with Crippen LogP contribution in [-0.4, -0.2) is 29.0 Å². The Morgan fingerprint density at radius 1 is 1.19 bits per heavy atom. The fourth-order valence-corrected chi connectivity index (χ4v) is 5.79. The highest BCUT2D eigenvalue weighted by Crippen LogP contribution is 2.38. The van der Waals surface area contributed by atoms with Crippen molar-refractivity contribution in [3.8, 4) is 17.2 Å². The third kappa shape index (κ3) is 3.79. The highest BCUT2D eigenvalue weighted by Gasteiger charge is 2.34. The lowest BCUT2D eigenvalue weighted by atomic mass is 9.95. The molecule has 2 aliphatic heterocycles. The SMILES string of the molecule is CCOC(=O)C1=C(C)N=c2s/c(=C\c3c(O)ccc4ccccc34)c(=O)n2[C@H]1c1ccc2c(c1)OCO2. The van der Waals surface area contributed by atoms with Crippen molar-refractivity contribution in [3.63, 3.8) is 0 Å². The average molecular weight is 515 g/mol. The van der Waals surface area contributed by atoms with Gasteiger partial charge in [0, 0.05) is 5.56 Å². The maximum atomic E-state index is 13.9. The Morgan fingerprint density at radius 3 is 2.84 bits per heavy atom. The normalized spacial score (nSPS) is 16.6. The molecule has 0 saturated heterocycles. The van der Waals surface area contributed by atoms with Gasteiger partial charge in [-0.25, -0.2) is 9.79 Å². The number of hydrogen-bond acceptors (Lipinski definition) is 8. The van der Waals surface area contributed by atoms with Crippen molar-refractivity contribution in [1.82, 2.24) is 4.57 Å². The molecule has 1 N–H and O–H groups in total. The van der Waals surface area contributed by atoms with Gasteiger partial charge in [-0.3, -0.25) is 9.36 Å². The zero-order chi connectivity index (χ0) is 25.7. The number of thiazole rings is 1. The summed E-state index contributed by atoms with van der Waals surface area (Å²) in [7, 11) is 0. The van der Waals surface area contributed by atoms with Crippen LogP contribution in [0.3, 0.4) is 0 Å². The molecule has 1 atom stereocenters. The van der Waals surface area contributed by atoms with Gasteiger partial charge in [-0.05, 0) is 54.5 Å². The Kier molecular flexibility index (Phi) is 5.57. The number of aromatic hydroxyl groups is 1. The Bertz CT molecular complexity index is 1800. The van der Waals surface area contributed by atoms with Crippen LogP contribution in [0.2, 0.25) is 0 Å². The summed E-state index contributed by atoms with van der Waals surface area (Å²) in [5, 5.41) is 12.4. The van der Waals surface area contributed by atoms with Gasteiger partial charge in [-0.15, -0.1) is 0 Å². The van der Waals surface area contributed by atoms with Crippen molar-refractivity contribution in [3.05, 3.63) is 96.7 Å². The number of aromatic nitrogens is 1. The fraction of sp³-hybridized carbons (Fsp3) is 0.179. The predicted molar refractivity (Wildman–Crippen MR) is 139 cm³/mol. The number of rotatable bonds is 4. The molecular weight excluding hydrogens is 492 g/mol. The Labute approximate surface area is 215 Å². The number of esters is 1. The van der Waals surface area contributed by atoms with Gasteiger partial charge in [0.2, 0.25) is 6.79 Å². The Hall–Kier alpha value is -4.37. The van der Waals surface area contributed by atoms with E-state index in [1.54, 1.807) is 38.1 Å². The van der Waals surface area contributed by atoms with E-state index in [0.717, 1.165) is 10.8 Å². The third-order valence-corrected chi connectivity index (χ3v) is 7.44. The third-order valence-electron chi connectivity index (χ3n) is 6.45. The van der Waals surface area contributed by atoms with Gasteiger partial charge in [-0.2, -0.15) is 0 Å². The molecule has 4 aromatic rings. The number of phenols is 1. The van der Waals surface area contributed by atoms with Gasteiger partial charge >= 0.3 is 5.97 Å². The number of hydrogen-bond donors (Lipinski definition) is 1. The standard InChI is InChI=1S/C28H22N2O6S/c1-3-34-27(33)24-15(2)29-28-30(25(24)17-9-11-21-22(12-17)36-14-35-21)26(32)23(37-28)13-19-18-7-5-4-6-16(18)8-10-20(19)31/h4-13,25,31H,3,14H2,1-2H3/b23-13-/t25-/m0/s1. The molecule has 0 aliphatic carbocycles. The summed E-state index contributed by atoms with van der Waals surface area (Å²) in [5.41, 5.74) is 1.65. The summed E-state index contributed by atoms with van der Waals surface area (Å²) in [4.78, 5) is 32.0. The first-order chi connectivity index (χ1) is 18.0. The van der Waals surface area contributed by atoms with E-state index in [9.17, 15) is 14.7 Å². The molecule has 2 aliphatic rings. The monoisotopic (exact) mass is 514 g/mol. The fourth-order valence-electron chi connectivity index (χ4n) is 4.76. The zero-order valence-electron chi connectivity index (χ0n) is 20.1. The van der Waals surface area contributed by atoms with Crippen LogP contribution in [0, 0.1) is 0 Å². The van der Waals surface area contributed by atoms with Crippen LogP contribution in [0.4, 0.5) is 0 Å². The van der Waals surface area contributed by atoms with E-state index < -0.39 is 12.0 Å². The summed E-state index contributed by atoms with van der Waals surface area (Å²) < 4.78 is 18.2. The number of ether oxygens (including phenoxy) is 3. The molecule has 6 rings (SSSR count). The topological polar surface area (TPSA) is 99.4 Å². The number of carbonyl (C=O) groups is 1. The average Bonchev–Trinajstić information content (AvgIpc) is 3.48. The molecule has 0 spiro atoms. The molecule has 0 bridgehead atoms. The summed E-state index contributed by atoms with van der Waals surface area (Å²) in [6.45, 7) is 3.76. The predicted octanol–water partition coefficient (Wildman–Crippen LogP) is 3.39. The van der Waals surface area contributed by atoms with E-state index in [1.807, 2.05) is 36.4 Å². The molecule has 8 nitrogen and oxygen atoms in total. The minimum atomic E-state index is -0.770. The molecule has 0 fully saturated rings. The lowest BCUT2D eigenvalue weighted by molar-refractivity contribution is -0.139. The molecule has 1 aromatic heterocycles. The number of carbonyl (C=O) groups excluding carboxylic acids is 1. The van der Waals surface area contributed by atoms with E-state index in [-0.39, 0.29) is 30.3 Å². The highest BCUT2D eigenvalue weighted by molar-refractivity contribution is 7.07. The van der Waals surface area contributed by atoms with Gasteiger partial charge in [0.05, 0.1) is 28.5 Å². The number of phenolic OH excluding ortho intramolecular Hbond substituents is 1. The molecule has 9 heteroatoms. The van der Waals surface area contributed by atoms with Gasteiger partial charge in [0.1, 0.15) is 5.75 Å². The van der Waals surface area contributed by atoms with Gasteiger partial charge in [-0.1, -0.05) is 47.7 Å². The van der Waals surface area contributed by atoms with E-state index in [2.05, 4.69) is 4.99 Å². The summed E-state index contributed by atoms with van der Waals surface area (Å²) in [5.74, 6) is 0.673. The molecule has 0 unspecified atom stereocenters. The van der Waals surface area contributed by atoms with E-state index in [0.29, 0.717) is 37.7 Å². The maximum Gasteiger partial charge on any atom is 0.338 e. The second-order valence-corrected chi connectivity index (χ2v) is 9.64.